The monoisotopic (exact) mass is 313 g/mol. The summed E-state index contributed by atoms with van der Waals surface area (Å²) in [5.74, 6) is -1.38. The molecule has 1 aromatic rings. The van der Waals surface area contributed by atoms with Crippen LogP contribution in [-0.4, -0.2) is 31.0 Å². The van der Waals surface area contributed by atoms with Crippen molar-refractivity contribution >= 4 is 27.5 Å². The van der Waals surface area contributed by atoms with Crippen molar-refractivity contribution in [3.8, 4) is 0 Å². The first-order chi connectivity index (χ1) is 9.57. The number of carboxylic acid groups (broad SMARTS) is 1. The van der Waals surface area contributed by atoms with E-state index in [-0.39, 0.29) is 18.0 Å². The van der Waals surface area contributed by atoms with E-state index in [2.05, 4.69) is 4.72 Å². The van der Waals surface area contributed by atoms with E-state index in [0.717, 1.165) is 0 Å². The van der Waals surface area contributed by atoms with E-state index in [1.165, 1.54) is 45.0 Å². The third kappa shape index (κ3) is 4.86. The number of carboxylic acids is 1. The molecule has 0 atom stereocenters. The number of ketones is 1. The summed E-state index contributed by atoms with van der Waals surface area (Å²) in [5.41, 5.74) is -0.422. The normalized spacial score (nSPS) is 12.0. The summed E-state index contributed by atoms with van der Waals surface area (Å²) in [6, 6.07) is 5.92. The second kappa shape index (κ2) is 6.26. The van der Waals surface area contributed by atoms with Gasteiger partial charge in [0.2, 0.25) is 10.0 Å². The van der Waals surface area contributed by atoms with Crippen molar-refractivity contribution in [2.45, 2.75) is 27.2 Å². The number of Topliss-reactive ketones (excluding diaryl/α,β-unsaturated/α-hetero) is 1. The Balaban J connectivity index is 2.83. The van der Waals surface area contributed by atoms with Gasteiger partial charge < -0.3 is 5.11 Å². The quantitative estimate of drug-likeness (QED) is 0.751. The largest absolute Gasteiger partial charge is 0.481 e. The number of nitrogens with one attached hydrogen (secondary N) is 1. The molecule has 0 fully saturated rings. The Hall–Kier alpha value is -1.89. The van der Waals surface area contributed by atoms with Crippen LogP contribution in [0.15, 0.2) is 24.3 Å². The molecule has 2 N–H and O–H groups in total. The molecule has 1 rings (SSSR count). The maximum atomic E-state index is 12.0. The van der Waals surface area contributed by atoms with E-state index in [1.54, 1.807) is 0 Å². The van der Waals surface area contributed by atoms with E-state index < -0.39 is 21.4 Å². The van der Waals surface area contributed by atoms with Crippen LogP contribution in [-0.2, 0) is 14.8 Å². The second-order valence-corrected chi connectivity index (χ2v) is 7.38. The second-order valence-electron chi connectivity index (χ2n) is 5.37. The van der Waals surface area contributed by atoms with Gasteiger partial charge in [-0.2, -0.15) is 0 Å². The maximum Gasteiger partial charge on any atom is 0.309 e. The third-order valence-electron chi connectivity index (χ3n) is 3.04. The molecule has 0 spiro atoms. The molecule has 21 heavy (non-hydrogen) atoms. The lowest BCUT2D eigenvalue weighted by molar-refractivity contribution is -0.146. The van der Waals surface area contributed by atoms with E-state index in [9.17, 15) is 18.0 Å². The van der Waals surface area contributed by atoms with E-state index in [0.29, 0.717) is 11.3 Å². The highest BCUT2D eigenvalue weighted by Crippen LogP contribution is 2.23. The molecule has 0 saturated heterocycles. The summed E-state index contributed by atoms with van der Waals surface area (Å²) in [5, 5.41) is 9.01. The van der Waals surface area contributed by atoms with Gasteiger partial charge in [-0.15, -0.1) is 0 Å². The van der Waals surface area contributed by atoms with Gasteiger partial charge in [0, 0.05) is 17.7 Å². The van der Waals surface area contributed by atoms with Crippen LogP contribution in [0, 0.1) is 5.41 Å². The highest BCUT2D eigenvalue weighted by Gasteiger charge is 2.30. The molecule has 116 valence electrons. The average Bonchev–Trinajstić information content (AvgIpc) is 2.38. The lowest BCUT2D eigenvalue weighted by atomic mass is 9.86. The number of carbonyl (C=O) groups is 2. The SMILES string of the molecule is CCS(=O)(=O)Nc1ccc(C(=O)CC(C)(C)C(=O)O)cc1. The molecular formula is C14H19NO5S. The Labute approximate surface area is 124 Å². The van der Waals surface area contributed by atoms with E-state index in [4.69, 9.17) is 5.11 Å². The van der Waals surface area contributed by atoms with Crippen molar-refractivity contribution in [1.29, 1.82) is 0 Å². The molecule has 0 radical (unpaired) electrons. The van der Waals surface area contributed by atoms with Gasteiger partial charge in [-0.25, -0.2) is 8.42 Å². The first-order valence-corrected chi connectivity index (χ1v) is 8.10. The Bertz CT molecular complexity index is 632. The fourth-order valence-corrected chi connectivity index (χ4v) is 2.19. The average molecular weight is 313 g/mol. The molecule has 7 heteroatoms. The minimum Gasteiger partial charge on any atom is -0.481 e. The molecule has 0 heterocycles. The van der Waals surface area contributed by atoms with Crippen molar-refractivity contribution in [3.05, 3.63) is 29.8 Å². The van der Waals surface area contributed by atoms with Crippen LogP contribution >= 0.6 is 0 Å². The molecule has 0 unspecified atom stereocenters. The van der Waals surface area contributed by atoms with Gasteiger partial charge in [-0.05, 0) is 45.0 Å². The maximum absolute atomic E-state index is 12.0. The summed E-state index contributed by atoms with van der Waals surface area (Å²) in [6.45, 7) is 4.49. The van der Waals surface area contributed by atoms with Crippen molar-refractivity contribution in [2.75, 3.05) is 10.5 Å². The highest BCUT2D eigenvalue weighted by atomic mass is 32.2. The van der Waals surface area contributed by atoms with E-state index in [1.807, 2.05) is 0 Å². The fourth-order valence-electron chi connectivity index (χ4n) is 1.55. The molecule has 0 amide bonds. The number of hydrogen-bond acceptors (Lipinski definition) is 4. The standard InChI is InChI=1S/C14H19NO5S/c1-4-21(19,20)15-11-7-5-10(6-8-11)12(16)9-14(2,3)13(17)18/h5-8,15H,4,9H2,1-3H3,(H,17,18). The van der Waals surface area contributed by atoms with Crippen LogP contribution in [0.25, 0.3) is 0 Å². The van der Waals surface area contributed by atoms with Gasteiger partial charge in [-0.1, -0.05) is 0 Å². The summed E-state index contributed by atoms with van der Waals surface area (Å²) in [4.78, 5) is 23.0. The minimum atomic E-state index is -3.36. The number of carbonyl (C=O) groups excluding carboxylic acids is 1. The molecule has 0 aliphatic carbocycles. The molecule has 6 nitrogen and oxygen atoms in total. The number of benzene rings is 1. The highest BCUT2D eigenvalue weighted by molar-refractivity contribution is 7.92. The molecule has 0 bridgehead atoms. The Morgan fingerprint density at radius 1 is 1.19 bits per heavy atom. The van der Waals surface area contributed by atoms with Gasteiger partial charge in [-0.3, -0.25) is 14.3 Å². The zero-order valence-corrected chi connectivity index (χ0v) is 13.0. The predicted octanol–water partition coefficient (Wildman–Crippen LogP) is 2.13. The summed E-state index contributed by atoms with van der Waals surface area (Å²) in [6.07, 6.45) is -0.123. The van der Waals surface area contributed by atoms with Gasteiger partial charge in [0.15, 0.2) is 5.78 Å². The molecular weight excluding hydrogens is 294 g/mol. The summed E-state index contributed by atoms with van der Waals surface area (Å²) < 4.78 is 25.2. The van der Waals surface area contributed by atoms with Crippen molar-refractivity contribution < 1.29 is 23.1 Å². The Kier molecular flexibility index (Phi) is 5.11. The molecule has 0 saturated carbocycles. The fraction of sp³-hybridized carbons (Fsp3) is 0.429. The summed E-state index contributed by atoms with van der Waals surface area (Å²) in [7, 11) is -3.36. The Morgan fingerprint density at radius 2 is 1.71 bits per heavy atom. The molecule has 0 aliphatic heterocycles. The van der Waals surface area contributed by atoms with Crippen LogP contribution in [0.3, 0.4) is 0 Å². The van der Waals surface area contributed by atoms with Gasteiger partial charge in [0.25, 0.3) is 0 Å². The molecule has 1 aromatic carbocycles. The first kappa shape index (κ1) is 17.2. The van der Waals surface area contributed by atoms with Gasteiger partial charge in [0.1, 0.15) is 0 Å². The minimum absolute atomic E-state index is 0.0412. The van der Waals surface area contributed by atoms with Crippen molar-refractivity contribution in [2.24, 2.45) is 5.41 Å². The third-order valence-corrected chi connectivity index (χ3v) is 4.35. The van der Waals surface area contributed by atoms with Crippen LogP contribution in [0.4, 0.5) is 5.69 Å². The van der Waals surface area contributed by atoms with Crippen LogP contribution in [0.2, 0.25) is 0 Å². The van der Waals surface area contributed by atoms with Crippen molar-refractivity contribution in [1.82, 2.24) is 0 Å². The number of anilines is 1. The van der Waals surface area contributed by atoms with E-state index >= 15 is 0 Å². The van der Waals surface area contributed by atoms with Crippen LogP contribution in [0.1, 0.15) is 37.6 Å². The zero-order valence-electron chi connectivity index (χ0n) is 12.2. The lowest BCUT2D eigenvalue weighted by Gasteiger charge is -2.17. The first-order valence-electron chi connectivity index (χ1n) is 6.44. The topological polar surface area (TPSA) is 101 Å². The van der Waals surface area contributed by atoms with Crippen molar-refractivity contribution in [3.63, 3.8) is 0 Å². The number of hydrogen-bond donors (Lipinski definition) is 2. The van der Waals surface area contributed by atoms with Crippen LogP contribution in [0.5, 0.6) is 0 Å². The Morgan fingerprint density at radius 3 is 2.14 bits per heavy atom. The number of sulfonamides is 1. The molecule has 0 aromatic heterocycles. The summed E-state index contributed by atoms with van der Waals surface area (Å²) >= 11 is 0. The van der Waals surface area contributed by atoms with Gasteiger partial charge >= 0.3 is 5.97 Å². The molecule has 0 aliphatic rings. The zero-order chi connectivity index (χ0) is 16.3. The van der Waals surface area contributed by atoms with Crippen LogP contribution < -0.4 is 4.72 Å². The number of rotatable bonds is 7. The smallest absolute Gasteiger partial charge is 0.309 e. The lowest BCUT2D eigenvalue weighted by Crippen LogP contribution is -2.26. The predicted molar refractivity (Wildman–Crippen MR) is 79.9 cm³/mol. The van der Waals surface area contributed by atoms with Gasteiger partial charge in [0.05, 0.1) is 11.2 Å². The number of aliphatic carboxylic acids is 1.